The highest BCUT2D eigenvalue weighted by atomic mass is 79.9. The van der Waals surface area contributed by atoms with Gasteiger partial charge in [0.25, 0.3) is 0 Å². The summed E-state index contributed by atoms with van der Waals surface area (Å²) in [6, 6.07) is 5.83. The van der Waals surface area contributed by atoms with Crippen molar-refractivity contribution in [2.75, 3.05) is 0 Å². The predicted molar refractivity (Wildman–Crippen MR) is 78.5 cm³/mol. The highest BCUT2D eigenvalue weighted by Gasteiger charge is 2.21. The highest BCUT2D eigenvalue weighted by Crippen LogP contribution is 2.32. The maximum absolute atomic E-state index is 10.6. The van der Waals surface area contributed by atoms with Gasteiger partial charge in [0.2, 0.25) is 0 Å². The van der Waals surface area contributed by atoms with Crippen molar-refractivity contribution in [3.8, 4) is 0 Å². The van der Waals surface area contributed by atoms with Crippen molar-refractivity contribution in [3.05, 3.63) is 50.2 Å². The van der Waals surface area contributed by atoms with Crippen molar-refractivity contribution < 1.29 is 5.11 Å². The van der Waals surface area contributed by atoms with Crippen LogP contribution in [0.2, 0.25) is 0 Å². The molecule has 1 atom stereocenters. The fourth-order valence-corrected chi connectivity index (χ4v) is 2.86. The van der Waals surface area contributed by atoms with Crippen LogP contribution in [0.5, 0.6) is 0 Å². The highest BCUT2D eigenvalue weighted by molar-refractivity contribution is 9.10. The average Bonchev–Trinajstić information content (AvgIpc) is 2.73. The smallest absolute Gasteiger partial charge is 0.122 e. The quantitative estimate of drug-likeness (QED) is 0.888. The van der Waals surface area contributed by atoms with Crippen LogP contribution in [0, 0.1) is 6.92 Å². The maximum Gasteiger partial charge on any atom is 0.122 e. The second kappa shape index (κ2) is 5.55. The van der Waals surface area contributed by atoms with Crippen molar-refractivity contribution >= 4 is 31.9 Å². The van der Waals surface area contributed by atoms with Crippen LogP contribution in [0.4, 0.5) is 0 Å². The molecule has 0 bridgehead atoms. The molecule has 2 rings (SSSR count). The van der Waals surface area contributed by atoms with E-state index in [1.54, 1.807) is 10.9 Å². The molecular weight excluding hydrogens is 360 g/mol. The van der Waals surface area contributed by atoms with Crippen molar-refractivity contribution in [1.82, 2.24) is 9.78 Å². The zero-order valence-electron chi connectivity index (χ0n) is 10.2. The van der Waals surface area contributed by atoms with Crippen molar-refractivity contribution in [3.63, 3.8) is 0 Å². The first-order valence-corrected chi connectivity index (χ1v) is 7.29. The molecule has 0 aliphatic carbocycles. The van der Waals surface area contributed by atoms with Crippen LogP contribution < -0.4 is 0 Å². The SMILES string of the molecule is CCn1ncc(Br)c1C(O)c1cccc(Br)c1C. The molecule has 18 heavy (non-hydrogen) atoms. The Morgan fingerprint density at radius 2 is 2.06 bits per heavy atom. The van der Waals surface area contributed by atoms with Gasteiger partial charge in [-0.3, -0.25) is 4.68 Å². The van der Waals surface area contributed by atoms with Crippen LogP contribution in [-0.4, -0.2) is 14.9 Å². The Bertz CT molecular complexity index is 566. The number of benzene rings is 1. The third-order valence-electron chi connectivity index (χ3n) is 3.00. The second-order valence-electron chi connectivity index (χ2n) is 4.05. The molecule has 0 aliphatic rings. The lowest BCUT2D eigenvalue weighted by atomic mass is 10.0. The van der Waals surface area contributed by atoms with Crippen molar-refractivity contribution in [2.24, 2.45) is 0 Å². The minimum absolute atomic E-state index is 0.681. The number of rotatable bonds is 3. The molecule has 0 aliphatic heterocycles. The molecule has 0 amide bonds. The van der Waals surface area contributed by atoms with Crippen LogP contribution in [-0.2, 0) is 6.54 Å². The fourth-order valence-electron chi connectivity index (χ4n) is 1.96. The molecule has 1 heterocycles. The molecule has 0 spiro atoms. The van der Waals surface area contributed by atoms with E-state index >= 15 is 0 Å². The van der Waals surface area contributed by atoms with Crippen molar-refractivity contribution in [1.29, 1.82) is 0 Å². The van der Waals surface area contributed by atoms with E-state index in [-0.39, 0.29) is 0 Å². The van der Waals surface area contributed by atoms with Gasteiger partial charge in [-0.25, -0.2) is 0 Å². The summed E-state index contributed by atoms with van der Waals surface area (Å²) in [6.45, 7) is 4.72. The number of hydrogen-bond acceptors (Lipinski definition) is 2. The Kier molecular flexibility index (Phi) is 4.25. The Hall–Kier alpha value is -0.650. The summed E-state index contributed by atoms with van der Waals surface area (Å²) in [5.74, 6) is 0. The summed E-state index contributed by atoms with van der Waals surface area (Å²) in [6.07, 6.45) is 1.04. The summed E-state index contributed by atoms with van der Waals surface area (Å²) < 4.78 is 3.63. The molecule has 0 saturated carbocycles. The normalized spacial score (nSPS) is 12.7. The Labute approximate surface area is 123 Å². The summed E-state index contributed by atoms with van der Waals surface area (Å²) in [4.78, 5) is 0. The molecular formula is C13H14Br2N2O. The summed E-state index contributed by atoms with van der Waals surface area (Å²) in [7, 11) is 0. The molecule has 1 N–H and O–H groups in total. The standard InChI is InChI=1S/C13H14Br2N2O/c1-3-17-12(11(15)7-16-17)13(18)9-5-4-6-10(14)8(9)2/h4-7,13,18H,3H2,1-2H3. The van der Waals surface area contributed by atoms with Crippen LogP contribution in [0.15, 0.2) is 33.3 Å². The van der Waals surface area contributed by atoms with Crippen LogP contribution in [0.25, 0.3) is 0 Å². The Morgan fingerprint density at radius 1 is 1.33 bits per heavy atom. The van der Waals surface area contributed by atoms with Crippen LogP contribution >= 0.6 is 31.9 Å². The average molecular weight is 374 g/mol. The lowest BCUT2D eigenvalue weighted by molar-refractivity contribution is 0.206. The van der Waals surface area contributed by atoms with Crippen LogP contribution in [0.1, 0.15) is 29.8 Å². The third-order valence-corrected chi connectivity index (χ3v) is 4.47. The first-order chi connectivity index (χ1) is 8.56. The largest absolute Gasteiger partial charge is 0.382 e. The first-order valence-electron chi connectivity index (χ1n) is 5.70. The maximum atomic E-state index is 10.6. The molecule has 96 valence electrons. The number of nitrogens with zero attached hydrogens (tertiary/aromatic N) is 2. The van der Waals surface area contributed by atoms with E-state index < -0.39 is 6.10 Å². The summed E-state index contributed by atoms with van der Waals surface area (Å²) in [5.41, 5.74) is 2.72. The zero-order valence-corrected chi connectivity index (χ0v) is 13.4. The number of halogens is 2. The van der Waals surface area contributed by atoms with E-state index in [2.05, 4.69) is 37.0 Å². The summed E-state index contributed by atoms with van der Waals surface area (Å²) in [5, 5.41) is 14.8. The van der Waals surface area contributed by atoms with E-state index in [1.165, 1.54) is 0 Å². The first kappa shape index (κ1) is 13.8. The monoisotopic (exact) mass is 372 g/mol. The van der Waals surface area contributed by atoms with E-state index in [0.29, 0.717) is 0 Å². The van der Waals surface area contributed by atoms with Gasteiger partial charge < -0.3 is 5.11 Å². The molecule has 5 heteroatoms. The molecule has 0 saturated heterocycles. The topological polar surface area (TPSA) is 38.0 Å². The van der Waals surface area contributed by atoms with Gasteiger partial charge in [-0.2, -0.15) is 5.10 Å². The summed E-state index contributed by atoms with van der Waals surface area (Å²) >= 11 is 6.93. The van der Waals surface area contributed by atoms with E-state index in [1.807, 2.05) is 32.0 Å². The third kappa shape index (κ3) is 2.39. The van der Waals surface area contributed by atoms with Crippen LogP contribution in [0.3, 0.4) is 0 Å². The molecule has 3 nitrogen and oxygen atoms in total. The number of aliphatic hydroxyl groups is 1. The number of aliphatic hydroxyl groups excluding tert-OH is 1. The fraction of sp³-hybridized carbons (Fsp3) is 0.308. The van der Waals surface area contributed by atoms with Gasteiger partial charge in [-0.05, 0) is 47.0 Å². The van der Waals surface area contributed by atoms with Gasteiger partial charge in [0.1, 0.15) is 6.10 Å². The van der Waals surface area contributed by atoms with Gasteiger partial charge >= 0.3 is 0 Å². The number of aromatic nitrogens is 2. The van der Waals surface area contributed by atoms with E-state index in [4.69, 9.17) is 0 Å². The zero-order chi connectivity index (χ0) is 13.3. The lowest BCUT2D eigenvalue weighted by Crippen LogP contribution is -2.10. The Balaban J connectivity index is 2.51. The minimum atomic E-state index is -0.681. The number of aryl methyl sites for hydroxylation is 1. The van der Waals surface area contributed by atoms with E-state index in [9.17, 15) is 5.11 Å². The second-order valence-corrected chi connectivity index (χ2v) is 5.76. The molecule has 1 unspecified atom stereocenters. The van der Waals surface area contributed by atoms with Gasteiger partial charge in [0.05, 0.1) is 16.4 Å². The lowest BCUT2D eigenvalue weighted by Gasteiger charge is -2.16. The van der Waals surface area contributed by atoms with Crippen molar-refractivity contribution in [2.45, 2.75) is 26.5 Å². The Morgan fingerprint density at radius 3 is 2.72 bits per heavy atom. The minimum Gasteiger partial charge on any atom is -0.382 e. The molecule has 1 aromatic carbocycles. The van der Waals surface area contributed by atoms with Gasteiger partial charge in [0, 0.05) is 11.0 Å². The van der Waals surface area contributed by atoms with Gasteiger partial charge in [0.15, 0.2) is 0 Å². The predicted octanol–water partition coefficient (Wildman–Crippen LogP) is 3.82. The molecule has 0 fully saturated rings. The van der Waals surface area contributed by atoms with Gasteiger partial charge in [-0.1, -0.05) is 28.1 Å². The van der Waals surface area contributed by atoms with E-state index in [0.717, 1.165) is 32.3 Å². The number of hydrogen-bond donors (Lipinski definition) is 1. The molecule has 0 radical (unpaired) electrons. The molecule has 1 aromatic heterocycles. The van der Waals surface area contributed by atoms with Gasteiger partial charge in [-0.15, -0.1) is 0 Å². The molecule has 2 aromatic rings.